The Morgan fingerprint density at radius 3 is 2.67 bits per heavy atom. The Hall–Kier alpha value is -1.84. The summed E-state index contributed by atoms with van der Waals surface area (Å²) in [6.45, 7) is 4.53. The standard InChI is InChI=1S/C14H18O4/c1-3-5-9-18-12-8-6-7-11(10-12)13(15)14(16)17-4-2/h6-8,10H,3-5,9H2,1-2H3. The van der Waals surface area contributed by atoms with Crippen LogP contribution in [0.25, 0.3) is 0 Å². The molecule has 0 aliphatic rings. The first-order valence-electron chi connectivity index (χ1n) is 6.13. The number of ether oxygens (including phenoxy) is 2. The van der Waals surface area contributed by atoms with Crippen molar-refractivity contribution in [1.29, 1.82) is 0 Å². The normalized spacial score (nSPS) is 9.89. The maximum absolute atomic E-state index is 11.7. The number of benzene rings is 1. The number of ketones is 1. The van der Waals surface area contributed by atoms with Crippen LogP contribution >= 0.6 is 0 Å². The third-order valence-electron chi connectivity index (χ3n) is 2.32. The van der Waals surface area contributed by atoms with Crippen molar-refractivity contribution >= 4 is 11.8 Å². The molecule has 0 radical (unpaired) electrons. The summed E-state index contributed by atoms with van der Waals surface area (Å²) in [4.78, 5) is 23.0. The van der Waals surface area contributed by atoms with Crippen molar-refractivity contribution in [2.45, 2.75) is 26.7 Å². The van der Waals surface area contributed by atoms with Crippen molar-refractivity contribution in [2.75, 3.05) is 13.2 Å². The van der Waals surface area contributed by atoms with Gasteiger partial charge >= 0.3 is 5.97 Å². The lowest BCUT2D eigenvalue weighted by molar-refractivity contribution is -0.137. The molecule has 0 saturated carbocycles. The molecule has 0 aliphatic heterocycles. The van der Waals surface area contributed by atoms with Gasteiger partial charge in [0.15, 0.2) is 0 Å². The number of carbonyl (C=O) groups excluding carboxylic acids is 2. The van der Waals surface area contributed by atoms with Gasteiger partial charge < -0.3 is 9.47 Å². The first-order valence-corrected chi connectivity index (χ1v) is 6.13. The van der Waals surface area contributed by atoms with Crippen molar-refractivity contribution < 1.29 is 19.1 Å². The van der Waals surface area contributed by atoms with E-state index >= 15 is 0 Å². The Bertz CT molecular complexity index is 412. The van der Waals surface area contributed by atoms with E-state index in [1.54, 1.807) is 31.2 Å². The highest BCUT2D eigenvalue weighted by Gasteiger charge is 2.17. The fraction of sp³-hybridized carbons (Fsp3) is 0.429. The van der Waals surface area contributed by atoms with E-state index < -0.39 is 11.8 Å². The Morgan fingerprint density at radius 1 is 1.22 bits per heavy atom. The molecule has 0 saturated heterocycles. The molecule has 18 heavy (non-hydrogen) atoms. The summed E-state index contributed by atoms with van der Waals surface area (Å²) in [5, 5.41) is 0. The lowest BCUT2D eigenvalue weighted by Gasteiger charge is -2.06. The zero-order chi connectivity index (χ0) is 13.4. The van der Waals surface area contributed by atoms with Crippen molar-refractivity contribution in [2.24, 2.45) is 0 Å². The number of hydrogen-bond acceptors (Lipinski definition) is 4. The zero-order valence-electron chi connectivity index (χ0n) is 10.8. The Kier molecular flexibility index (Phi) is 5.91. The molecule has 0 N–H and O–H groups in total. The summed E-state index contributed by atoms with van der Waals surface area (Å²) in [5.41, 5.74) is 0.294. The molecule has 0 atom stereocenters. The van der Waals surface area contributed by atoms with Gasteiger partial charge in [0.05, 0.1) is 13.2 Å². The third-order valence-corrected chi connectivity index (χ3v) is 2.32. The number of Topliss-reactive ketones (excluding diaryl/α,β-unsaturated/α-hetero) is 1. The van der Waals surface area contributed by atoms with Crippen LogP contribution in [0, 0.1) is 0 Å². The van der Waals surface area contributed by atoms with E-state index in [0.717, 1.165) is 12.8 Å². The first-order chi connectivity index (χ1) is 8.69. The van der Waals surface area contributed by atoms with Crippen molar-refractivity contribution in [3.63, 3.8) is 0 Å². The van der Waals surface area contributed by atoms with E-state index in [0.29, 0.717) is 17.9 Å². The topological polar surface area (TPSA) is 52.6 Å². The summed E-state index contributed by atoms with van der Waals surface area (Å²) in [5.74, 6) is -0.875. The highest BCUT2D eigenvalue weighted by atomic mass is 16.5. The first kappa shape index (κ1) is 14.2. The van der Waals surface area contributed by atoms with E-state index in [2.05, 4.69) is 11.7 Å². The van der Waals surface area contributed by atoms with Gasteiger partial charge in [0.1, 0.15) is 5.75 Å². The van der Waals surface area contributed by atoms with Crippen LogP contribution in [-0.4, -0.2) is 25.0 Å². The van der Waals surface area contributed by atoms with Crippen LogP contribution in [0.15, 0.2) is 24.3 Å². The van der Waals surface area contributed by atoms with Gasteiger partial charge in [0.25, 0.3) is 5.78 Å². The van der Waals surface area contributed by atoms with Crippen molar-refractivity contribution in [1.82, 2.24) is 0 Å². The second-order valence-electron chi connectivity index (χ2n) is 3.78. The predicted octanol–water partition coefficient (Wildman–Crippen LogP) is 2.61. The lowest BCUT2D eigenvalue weighted by Crippen LogP contribution is -2.17. The van der Waals surface area contributed by atoms with Crippen LogP contribution < -0.4 is 4.74 Å². The molecule has 0 fully saturated rings. The van der Waals surface area contributed by atoms with Crippen molar-refractivity contribution in [3.8, 4) is 5.75 Å². The minimum Gasteiger partial charge on any atom is -0.494 e. The van der Waals surface area contributed by atoms with Gasteiger partial charge in [-0.1, -0.05) is 25.5 Å². The van der Waals surface area contributed by atoms with Crippen LogP contribution in [-0.2, 0) is 9.53 Å². The number of hydrogen-bond donors (Lipinski definition) is 0. The smallest absolute Gasteiger partial charge is 0.379 e. The molecule has 0 aromatic heterocycles. The SMILES string of the molecule is CCCCOc1cccc(C(=O)C(=O)OCC)c1. The Morgan fingerprint density at radius 2 is 2.00 bits per heavy atom. The molecule has 4 nitrogen and oxygen atoms in total. The molecular formula is C14H18O4. The monoisotopic (exact) mass is 250 g/mol. The third kappa shape index (κ3) is 4.20. The molecule has 1 aromatic carbocycles. The maximum atomic E-state index is 11.7. The molecule has 1 rings (SSSR count). The van der Waals surface area contributed by atoms with Gasteiger partial charge in [-0.15, -0.1) is 0 Å². The average Bonchev–Trinajstić information content (AvgIpc) is 2.39. The van der Waals surface area contributed by atoms with Crippen LogP contribution in [0.5, 0.6) is 5.75 Å². The van der Waals surface area contributed by atoms with E-state index in [1.807, 2.05) is 0 Å². The molecule has 0 spiro atoms. The van der Waals surface area contributed by atoms with Crippen LogP contribution in [0.2, 0.25) is 0 Å². The molecule has 0 bridgehead atoms. The largest absolute Gasteiger partial charge is 0.494 e. The van der Waals surface area contributed by atoms with Gasteiger partial charge in [-0.25, -0.2) is 4.79 Å². The predicted molar refractivity (Wildman–Crippen MR) is 67.8 cm³/mol. The van der Waals surface area contributed by atoms with Gasteiger partial charge in [0, 0.05) is 5.56 Å². The zero-order valence-corrected chi connectivity index (χ0v) is 10.8. The quantitative estimate of drug-likeness (QED) is 0.323. The summed E-state index contributed by atoms with van der Waals surface area (Å²) >= 11 is 0. The highest BCUT2D eigenvalue weighted by molar-refractivity contribution is 6.40. The minimum absolute atomic E-state index is 0.192. The number of rotatable bonds is 7. The number of esters is 1. The summed E-state index contributed by atoms with van der Waals surface area (Å²) < 4.78 is 10.1. The van der Waals surface area contributed by atoms with Crippen molar-refractivity contribution in [3.05, 3.63) is 29.8 Å². The Labute approximate surface area is 107 Å². The fourth-order valence-corrected chi connectivity index (χ4v) is 1.38. The van der Waals surface area contributed by atoms with E-state index in [1.165, 1.54) is 0 Å². The molecule has 0 heterocycles. The maximum Gasteiger partial charge on any atom is 0.379 e. The van der Waals surface area contributed by atoms with Crippen LogP contribution in [0.3, 0.4) is 0 Å². The molecular weight excluding hydrogens is 232 g/mol. The van der Waals surface area contributed by atoms with E-state index in [9.17, 15) is 9.59 Å². The van der Waals surface area contributed by atoms with E-state index in [4.69, 9.17) is 4.74 Å². The number of carbonyl (C=O) groups is 2. The van der Waals surface area contributed by atoms with Gasteiger partial charge in [-0.2, -0.15) is 0 Å². The van der Waals surface area contributed by atoms with E-state index in [-0.39, 0.29) is 6.61 Å². The molecule has 1 aromatic rings. The van der Waals surface area contributed by atoms with Crippen LogP contribution in [0.4, 0.5) is 0 Å². The second kappa shape index (κ2) is 7.48. The highest BCUT2D eigenvalue weighted by Crippen LogP contribution is 2.14. The summed E-state index contributed by atoms with van der Waals surface area (Å²) in [7, 11) is 0. The second-order valence-corrected chi connectivity index (χ2v) is 3.78. The molecule has 0 aliphatic carbocycles. The van der Waals surface area contributed by atoms with Gasteiger partial charge in [-0.05, 0) is 25.5 Å². The van der Waals surface area contributed by atoms with Crippen LogP contribution in [0.1, 0.15) is 37.0 Å². The summed E-state index contributed by atoms with van der Waals surface area (Å²) in [6, 6.07) is 6.59. The summed E-state index contributed by atoms with van der Waals surface area (Å²) in [6.07, 6.45) is 2.00. The number of unbranched alkanes of at least 4 members (excludes halogenated alkanes) is 1. The van der Waals surface area contributed by atoms with Gasteiger partial charge in [-0.3, -0.25) is 4.79 Å². The fourth-order valence-electron chi connectivity index (χ4n) is 1.38. The lowest BCUT2D eigenvalue weighted by atomic mass is 10.1. The molecule has 4 heteroatoms. The molecule has 98 valence electrons. The minimum atomic E-state index is -0.830. The molecule has 0 unspecified atom stereocenters. The average molecular weight is 250 g/mol. The Balaban J connectivity index is 2.69. The molecule has 0 amide bonds. The van der Waals surface area contributed by atoms with Gasteiger partial charge in [0.2, 0.25) is 0 Å².